The highest BCUT2D eigenvalue weighted by atomic mass is 16.5. The van der Waals surface area contributed by atoms with Crippen LogP contribution in [0.15, 0.2) is 30.3 Å². The summed E-state index contributed by atoms with van der Waals surface area (Å²) in [5.74, 6) is 0. The zero-order chi connectivity index (χ0) is 11.6. The highest BCUT2D eigenvalue weighted by Gasteiger charge is 2.07. The van der Waals surface area contributed by atoms with Gasteiger partial charge in [-0.05, 0) is 18.4 Å². The van der Waals surface area contributed by atoms with Gasteiger partial charge in [-0.25, -0.2) is 0 Å². The van der Waals surface area contributed by atoms with Crippen LogP contribution in [0.1, 0.15) is 24.8 Å². The minimum Gasteiger partial charge on any atom is -0.366 e. The Morgan fingerprint density at radius 1 is 1.19 bits per heavy atom. The Labute approximate surface area is 95.4 Å². The highest BCUT2D eigenvalue weighted by molar-refractivity contribution is 5.56. The van der Waals surface area contributed by atoms with E-state index in [1.807, 2.05) is 30.3 Å². The van der Waals surface area contributed by atoms with Crippen molar-refractivity contribution in [2.24, 2.45) is 0 Å². The van der Waals surface area contributed by atoms with Gasteiger partial charge in [-0.3, -0.25) is 0 Å². The molecule has 0 heterocycles. The molecule has 0 N–H and O–H groups in total. The van der Waals surface area contributed by atoms with Crippen LogP contribution < -0.4 is 0 Å². The molecule has 0 radical (unpaired) electrons. The predicted octanol–water partition coefficient (Wildman–Crippen LogP) is 2.14. The van der Waals surface area contributed by atoms with Gasteiger partial charge in [0.05, 0.1) is 6.61 Å². The standard InChI is InChI=1S/C13H16O3/c14-9-5-4-8-13(10-15)16-11-12-6-2-1-3-7-12/h1-3,6-7,9-10,13H,4-5,8,11H2/t13-/m1/s1. The van der Waals surface area contributed by atoms with Gasteiger partial charge in [0, 0.05) is 6.42 Å². The van der Waals surface area contributed by atoms with Crippen molar-refractivity contribution in [3.8, 4) is 0 Å². The molecule has 1 atom stereocenters. The molecule has 0 aromatic heterocycles. The van der Waals surface area contributed by atoms with Crippen molar-refractivity contribution in [2.45, 2.75) is 32.0 Å². The summed E-state index contributed by atoms with van der Waals surface area (Å²) >= 11 is 0. The Kier molecular flexibility index (Phi) is 6.11. The summed E-state index contributed by atoms with van der Waals surface area (Å²) in [6, 6.07) is 9.70. The Balaban J connectivity index is 2.28. The highest BCUT2D eigenvalue weighted by Crippen LogP contribution is 2.07. The van der Waals surface area contributed by atoms with E-state index >= 15 is 0 Å². The third kappa shape index (κ3) is 4.84. The fourth-order valence-corrected chi connectivity index (χ4v) is 1.37. The van der Waals surface area contributed by atoms with E-state index in [-0.39, 0.29) is 0 Å². The van der Waals surface area contributed by atoms with Crippen LogP contribution in [0.4, 0.5) is 0 Å². The van der Waals surface area contributed by atoms with E-state index in [2.05, 4.69) is 0 Å². The van der Waals surface area contributed by atoms with E-state index in [0.29, 0.717) is 25.9 Å². The zero-order valence-electron chi connectivity index (χ0n) is 9.17. The average molecular weight is 220 g/mol. The van der Waals surface area contributed by atoms with E-state index in [4.69, 9.17) is 4.74 Å². The summed E-state index contributed by atoms with van der Waals surface area (Å²) in [6.45, 7) is 0.436. The van der Waals surface area contributed by atoms with Gasteiger partial charge in [-0.15, -0.1) is 0 Å². The smallest absolute Gasteiger partial charge is 0.148 e. The maximum absolute atomic E-state index is 10.7. The van der Waals surface area contributed by atoms with Crippen LogP contribution in [0.25, 0.3) is 0 Å². The van der Waals surface area contributed by atoms with Crippen molar-refractivity contribution in [1.82, 2.24) is 0 Å². The van der Waals surface area contributed by atoms with Crippen LogP contribution in [0.5, 0.6) is 0 Å². The van der Waals surface area contributed by atoms with Gasteiger partial charge < -0.3 is 14.3 Å². The number of hydrogen-bond donors (Lipinski definition) is 0. The zero-order valence-corrected chi connectivity index (χ0v) is 9.17. The summed E-state index contributed by atoms with van der Waals surface area (Å²) in [5, 5.41) is 0. The number of hydrogen-bond acceptors (Lipinski definition) is 3. The van der Waals surface area contributed by atoms with Crippen molar-refractivity contribution in [2.75, 3.05) is 0 Å². The molecule has 0 aliphatic heterocycles. The number of rotatable bonds is 8. The topological polar surface area (TPSA) is 43.4 Å². The Morgan fingerprint density at radius 3 is 2.56 bits per heavy atom. The molecule has 1 rings (SSSR count). The summed E-state index contributed by atoms with van der Waals surface area (Å²) in [4.78, 5) is 20.8. The van der Waals surface area contributed by atoms with Crippen LogP contribution in [0.2, 0.25) is 0 Å². The van der Waals surface area contributed by atoms with Gasteiger partial charge in [-0.1, -0.05) is 30.3 Å². The quantitative estimate of drug-likeness (QED) is 0.498. The van der Waals surface area contributed by atoms with Crippen molar-refractivity contribution >= 4 is 12.6 Å². The second kappa shape index (κ2) is 7.77. The monoisotopic (exact) mass is 220 g/mol. The molecular weight excluding hydrogens is 204 g/mol. The minimum absolute atomic E-state index is 0.403. The first-order valence-corrected chi connectivity index (χ1v) is 5.41. The fraction of sp³-hybridized carbons (Fsp3) is 0.385. The van der Waals surface area contributed by atoms with Crippen LogP contribution in [0.3, 0.4) is 0 Å². The van der Waals surface area contributed by atoms with Crippen molar-refractivity contribution in [3.63, 3.8) is 0 Å². The number of benzene rings is 1. The molecule has 0 amide bonds. The van der Waals surface area contributed by atoms with Crippen LogP contribution in [-0.2, 0) is 20.9 Å². The van der Waals surface area contributed by atoms with Crippen molar-refractivity contribution in [1.29, 1.82) is 0 Å². The van der Waals surface area contributed by atoms with Gasteiger partial charge in [-0.2, -0.15) is 0 Å². The van der Waals surface area contributed by atoms with Gasteiger partial charge in [0.2, 0.25) is 0 Å². The molecule has 0 saturated carbocycles. The van der Waals surface area contributed by atoms with E-state index in [1.165, 1.54) is 0 Å². The first-order chi connectivity index (χ1) is 7.86. The molecule has 0 bridgehead atoms. The molecule has 0 aliphatic carbocycles. The minimum atomic E-state index is -0.403. The predicted molar refractivity (Wildman–Crippen MR) is 61.0 cm³/mol. The number of ether oxygens (including phenoxy) is 1. The second-order valence-corrected chi connectivity index (χ2v) is 3.57. The molecule has 0 aliphatic rings. The number of carbonyl (C=O) groups excluding carboxylic acids is 2. The Hall–Kier alpha value is -1.48. The van der Waals surface area contributed by atoms with E-state index in [9.17, 15) is 9.59 Å². The lowest BCUT2D eigenvalue weighted by molar-refractivity contribution is -0.119. The van der Waals surface area contributed by atoms with E-state index in [0.717, 1.165) is 18.1 Å². The number of unbranched alkanes of at least 4 members (excludes halogenated alkanes) is 1. The van der Waals surface area contributed by atoms with Gasteiger partial charge in [0.1, 0.15) is 18.7 Å². The third-order valence-electron chi connectivity index (χ3n) is 2.27. The van der Waals surface area contributed by atoms with Gasteiger partial charge in [0.25, 0.3) is 0 Å². The summed E-state index contributed by atoms with van der Waals surface area (Å²) in [5.41, 5.74) is 1.05. The summed E-state index contributed by atoms with van der Waals surface area (Å²) in [7, 11) is 0. The maximum Gasteiger partial charge on any atom is 0.148 e. The molecule has 3 heteroatoms. The second-order valence-electron chi connectivity index (χ2n) is 3.57. The van der Waals surface area contributed by atoms with Crippen molar-refractivity contribution in [3.05, 3.63) is 35.9 Å². The Bertz CT molecular complexity index is 308. The van der Waals surface area contributed by atoms with Crippen LogP contribution in [-0.4, -0.2) is 18.7 Å². The molecule has 1 aromatic carbocycles. The van der Waals surface area contributed by atoms with Gasteiger partial charge in [0.15, 0.2) is 0 Å². The molecule has 16 heavy (non-hydrogen) atoms. The first kappa shape index (κ1) is 12.6. The SMILES string of the molecule is O=CCCC[C@H](C=O)OCc1ccccc1. The van der Waals surface area contributed by atoms with Crippen LogP contribution in [0, 0.1) is 0 Å². The van der Waals surface area contributed by atoms with E-state index < -0.39 is 6.10 Å². The molecule has 0 spiro atoms. The van der Waals surface area contributed by atoms with Crippen molar-refractivity contribution < 1.29 is 14.3 Å². The average Bonchev–Trinajstić information content (AvgIpc) is 2.35. The number of aldehydes is 2. The lowest BCUT2D eigenvalue weighted by Crippen LogP contribution is -2.14. The molecule has 0 unspecified atom stereocenters. The first-order valence-electron chi connectivity index (χ1n) is 5.41. The normalized spacial score (nSPS) is 12.0. The summed E-state index contributed by atoms with van der Waals surface area (Å²) < 4.78 is 5.44. The third-order valence-corrected chi connectivity index (χ3v) is 2.27. The molecule has 0 fully saturated rings. The summed E-state index contributed by atoms with van der Waals surface area (Å²) in [6.07, 6.45) is 3.04. The molecule has 86 valence electrons. The molecule has 0 saturated heterocycles. The largest absolute Gasteiger partial charge is 0.366 e. The lowest BCUT2D eigenvalue weighted by atomic mass is 10.2. The molecule has 3 nitrogen and oxygen atoms in total. The lowest BCUT2D eigenvalue weighted by Gasteiger charge is -2.10. The molecular formula is C13H16O3. The van der Waals surface area contributed by atoms with Gasteiger partial charge >= 0.3 is 0 Å². The van der Waals surface area contributed by atoms with Crippen LogP contribution >= 0.6 is 0 Å². The Morgan fingerprint density at radius 2 is 1.94 bits per heavy atom. The fourth-order valence-electron chi connectivity index (χ4n) is 1.37. The maximum atomic E-state index is 10.7. The number of carbonyl (C=O) groups is 2. The van der Waals surface area contributed by atoms with E-state index in [1.54, 1.807) is 0 Å². The molecule has 1 aromatic rings.